The molecule has 0 heterocycles. The van der Waals surface area contributed by atoms with E-state index in [0.29, 0.717) is 12.8 Å². The Morgan fingerprint density at radius 3 is 0.793 bits per heavy atom. The summed E-state index contributed by atoms with van der Waals surface area (Å²) in [5.74, 6) is -0.571. The van der Waals surface area contributed by atoms with Gasteiger partial charge in [-0.25, -0.2) is 0 Å². The van der Waals surface area contributed by atoms with Gasteiger partial charge in [0.2, 0.25) is 0 Å². The highest BCUT2D eigenvalue weighted by Gasteiger charge is 2.16. The number of allylic oxidation sites excluding steroid dienone is 14. The van der Waals surface area contributed by atoms with E-state index >= 15 is 0 Å². The van der Waals surface area contributed by atoms with E-state index in [0.717, 1.165) is 77.0 Å². The number of aliphatic hydroxyl groups excluding tert-OH is 1. The highest BCUT2D eigenvalue weighted by Crippen LogP contribution is 2.19. The molecule has 0 bridgehead atoms. The third-order valence-corrected chi connectivity index (χ3v) is 16.2. The molecule has 5 nitrogen and oxygen atoms in total. The maximum absolute atomic E-state index is 12.4. The van der Waals surface area contributed by atoms with E-state index in [1.54, 1.807) is 0 Å². The van der Waals surface area contributed by atoms with Gasteiger partial charge in [-0.05, 0) is 89.9 Å². The van der Waals surface area contributed by atoms with Crippen LogP contribution in [0.2, 0.25) is 0 Å². The molecule has 0 aliphatic rings. The smallest absolute Gasteiger partial charge is 0.306 e. The summed E-state index contributed by atoms with van der Waals surface area (Å²) in [5, 5.41) is 9.71. The Kier molecular flexibility index (Phi) is 69.8. The van der Waals surface area contributed by atoms with Crippen molar-refractivity contribution in [3.05, 3.63) is 85.1 Å². The molecule has 1 N–H and O–H groups in total. The van der Waals surface area contributed by atoms with Crippen molar-refractivity contribution in [2.45, 2.75) is 380 Å². The van der Waals surface area contributed by atoms with Crippen LogP contribution in [-0.4, -0.2) is 36.4 Å². The molecule has 0 aromatic rings. The number of hydrogen-bond donors (Lipinski definition) is 1. The highest BCUT2D eigenvalue weighted by molar-refractivity contribution is 5.70. The number of carbonyl (C=O) groups excluding carboxylic acids is 2. The second kappa shape index (κ2) is 72.3. The van der Waals surface area contributed by atoms with Crippen molar-refractivity contribution in [1.29, 1.82) is 0 Å². The third kappa shape index (κ3) is 69.6. The van der Waals surface area contributed by atoms with E-state index < -0.39 is 6.10 Å². The maximum Gasteiger partial charge on any atom is 0.306 e. The topological polar surface area (TPSA) is 72.8 Å². The van der Waals surface area contributed by atoms with Gasteiger partial charge in [0.15, 0.2) is 6.10 Å². The standard InChI is InChI=1S/C77H138O5/c1-3-5-7-9-11-13-15-17-19-21-23-25-27-29-31-33-35-37-38-40-42-44-46-48-50-52-54-56-58-60-62-64-66-68-70-72-77(80)82-75(73-78)74-81-76(79)71-69-67-65-63-61-59-57-55-53-51-49-47-45-43-41-39-36-34-32-30-28-26-24-22-20-18-16-14-12-10-8-6-4-2/h5,7,11,13,16-19,22-25,29,31,75,78H,3-4,6,8-10,12,14-15,20-21,26-28,30,32-74H2,1-2H3/b7-5-,13-11-,18-16-,19-17-,24-22-,25-23-,31-29-. The van der Waals surface area contributed by atoms with E-state index in [-0.39, 0.29) is 25.2 Å². The van der Waals surface area contributed by atoms with Gasteiger partial charge in [0.1, 0.15) is 6.61 Å². The fraction of sp³-hybridized carbons (Fsp3) is 0.792. The van der Waals surface area contributed by atoms with Gasteiger partial charge in [0.25, 0.3) is 0 Å². The maximum atomic E-state index is 12.4. The van der Waals surface area contributed by atoms with Crippen LogP contribution in [0.4, 0.5) is 0 Å². The fourth-order valence-corrected chi connectivity index (χ4v) is 10.8. The monoisotopic (exact) mass is 1140 g/mol. The summed E-state index contributed by atoms with van der Waals surface area (Å²) in [6.07, 6.45) is 102. The van der Waals surface area contributed by atoms with Crippen LogP contribution in [0.15, 0.2) is 85.1 Å². The lowest BCUT2D eigenvalue weighted by Crippen LogP contribution is -2.28. The number of hydrogen-bond acceptors (Lipinski definition) is 5. The Morgan fingerprint density at radius 2 is 0.524 bits per heavy atom. The fourth-order valence-electron chi connectivity index (χ4n) is 10.8. The Balaban J connectivity index is 3.41. The average Bonchev–Trinajstić information content (AvgIpc) is 3.49. The first-order valence-corrected chi connectivity index (χ1v) is 36.1. The van der Waals surface area contributed by atoms with Gasteiger partial charge in [-0.1, -0.05) is 356 Å². The quantitative estimate of drug-likeness (QED) is 0.0373. The van der Waals surface area contributed by atoms with Crippen molar-refractivity contribution in [3.63, 3.8) is 0 Å². The lowest BCUT2D eigenvalue weighted by molar-refractivity contribution is -0.161. The first kappa shape index (κ1) is 79.1. The molecule has 0 rings (SSSR count). The molecule has 5 heteroatoms. The Morgan fingerprint density at radius 1 is 0.293 bits per heavy atom. The molecule has 0 aliphatic carbocycles. The Bertz CT molecular complexity index is 1480. The normalized spacial score (nSPS) is 12.7. The van der Waals surface area contributed by atoms with Crippen LogP contribution >= 0.6 is 0 Å². The molecule has 0 aromatic carbocycles. The second-order valence-electron chi connectivity index (χ2n) is 24.3. The molecule has 82 heavy (non-hydrogen) atoms. The molecular weight excluding hydrogens is 1000 g/mol. The molecule has 1 unspecified atom stereocenters. The Hall–Kier alpha value is -2.92. The lowest BCUT2D eigenvalue weighted by atomic mass is 10.0. The number of unbranched alkanes of at least 4 members (excludes halogenated alkanes) is 45. The van der Waals surface area contributed by atoms with E-state index in [4.69, 9.17) is 9.47 Å². The minimum atomic E-state index is -0.774. The van der Waals surface area contributed by atoms with Gasteiger partial charge in [0.05, 0.1) is 6.61 Å². The molecule has 0 saturated heterocycles. The van der Waals surface area contributed by atoms with Crippen molar-refractivity contribution >= 4 is 11.9 Å². The first-order valence-electron chi connectivity index (χ1n) is 36.1. The van der Waals surface area contributed by atoms with Gasteiger partial charge < -0.3 is 14.6 Å². The number of ether oxygens (including phenoxy) is 2. The summed E-state index contributed by atoms with van der Waals surface area (Å²) in [5.41, 5.74) is 0. The molecule has 0 fully saturated rings. The van der Waals surface area contributed by atoms with Crippen LogP contribution in [0.3, 0.4) is 0 Å². The highest BCUT2D eigenvalue weighted by atomic mass is 16.6. The van der Waals surface area contributed by atoms with Crippen molar-refractivity contribution < 1.29 is 24.2 Å². The Labute approximate surface area is 511 Å². The summed E-state index contributed by atoms with van der Waals surface area (Å²) in [4.78, 5) is 24.7. The summed E-state index contributed by atoms with van der Waals surface area (Å²) < 4.78 is 10.8. The van der Waals surface area contributed by atoms with Gasteiger partial charge >= 0.3 is 11.9 Å². The third-order valence-electron chi connectivity index (χ3n) is 16.2. The van der Waals surface area contributed by atoms with Crippen LogP contribution in [-0.2, 0) is 19.1 Å². The zero-order chi connectivity index (χ0) is 59.1. The van der Waals surface area contributed by atoms with Crippen LogP contribution in [0, 0.1) is 0 Å². The first-order chi connectivity index (χ1) is 40.6. The SMILES string of the molecule is CC/C=C\C/C=C\C/C=C\C/C=C\C/C=C\CCCCCCCCCCCCCCCCCCCCCC(=O)OC(CO)COC(=O)CCCCCCCCCCCCCCCCCCCCCCC/C=C\C/C=C\CCCCCCC. The van der Waals surface area contributed by atoms with E-state index in [9.17, 15) is 14.7 Å². The van der Waals surface area contributed by atoms with E-state index in [1.165, 1.54) is 270 Å². The minimum absolute atomic E-state index is 0.0625. The molecule has 1 atom stereocenters. The largest absolute Gasteiger partial charge is 0.462 e. The van der Waals surface area contributed by atoms with Crippen LogP contribution in [0.1, 0.15) is 373 Å². The zero-order valence-corrected chi connectivity index (χ0v) is 54.8. The molecule has 0 spiro atoms. The molecule has 0 aromatic heterocycles. The average molecular weight is 1140 g/mol. The van der Waals surface area contributed by atoms with Gasteiger partial charge in [-0.2, -0.15) is 0 Å². The summed E-state index contributed by atoms with van der Waals surface area (Å²) in [6.45, 7) is 4.06. The molecule has 0 saturated carbocycles. The van der Waals surface area contributed by atoms with Gasteiger partial charge in [0, 0.05) is 12.8 Å². The summed E-state index contributed by atoms with van der Waals surface area (Å²) in [7, 11) is 0. The second-order valence-corrected chi connectivity index (χ2v) is 24.3. The summed E-state index contributed by atoms with van der Waals surface area (Å²) >= 11 is 0. The number of rotatable bonds is 67. The van der Waals surface area contributed by atoms with Crippen LogP contribution in [0.5, 0.6) is 0 Å². The van der Waals surface area contributed by atoms with Crippen LogP contribution in [0.25, 0.3) is 0 Å². The van der Waals surface area contributed by atoms with Crippen molar-refractivity contribution in [2.75, 3.05) is 13.2 Å². The molecule has 0 radical (unpaired) electrons. The van der Waals surface area contributed by atoms with Crippen molar-refractivity contribution in [2.24, 2.45) is 0 Å². The number of aliphatic hydroxyl groups is 1. The molecular formula is C77H138O5. The predicted octanol–water partition coefficient (Wildman–Crippen LogP) is 25.2. The molecule has 0 amide bonds. The van der Waals surface area contributed by atoms with E-state index in [1.807, 2.05) is 0 Å². The summed E-state index contributed by atoms with van der Waals surface area (Å²) in [6, 6.07) is 0. The molecule has 0 aliphatic heterocycles. The van der Waals surface area contributed by atoms with Crippen molar-refractivity contribution in [1.82, 2.24) is 0 Å². The minimum Gasteiger partial charge on any atom is -0.462 e. The lowest BCUT2D eigenvalue weighted by Gasteiger charge is -2.15. The predicted molar refractivity (Wildman–Crippen MR) is 362 cm³/mol. The van der Waals surface area contributed by atoms with Gasteiger partial charge in [-0.15, -0.1) is 0 Å². The van der Waals surface area contributed by atoms with Crippen molar-refractivity contribution in [3.8, 4) is 0 Å². The molecule has 476 valence electrons. The zero-order valence-electron chi connectivity index (χ0n) is 54.8. The van der Waals surface area contributed by atoms with Gasteiger partial charge in [-0.3, -0.25) is 9.59 Å². The van der Waals surface area contributed by atoms with E-state index in [2.05, 4.69) is 98.9 Å². The number of esters is 2. The number of carbonyl (C=O) groups is 2. The van der Waals surface area contributed by atoms with Crippen LogP contribution < -0.4 is 0 Å².